The summed E-state index contributed by atoms with van der Waals surface area (Å²) in [5, 5.41) is 3.29. The summed E-state index contributed by atoms with van der Waals surface area (Å²) < 4.78 is 2.07. The van der Waals surface area contributed by atoms with Gasteiger partial charge in [0.05, 0.1) is 17.3 Å². The van der Waals surface area contributed by atoms with E-state index in [2.05, 4.69) is 27.7 Å². The summed E-state index contributed by atoms with van der Waals surface area (Å²) >= 11 is 0. The Kier molecular flexibility index (Phi) is 3.22. The number of rotatable bonds is 4. The first-order valence-corrected chi connectivity index (χ1v) is 5.66. The zero-order valence-corrected chi connectivity index (χ0v) is 9.77. The molecule has 2 heterocycles. The molecule has 0 amide bonds. The maximum Gasteiger partial charge on any atom is 0.130 e. The monoisotopic (exact) mass is 218 g/mol. The van der Waals surface area contributed by atoms with E-state index < -0.39 is 0 Å². The molecule has 0 aliphatic heterocycles. The zero-order chi connectivity index (χ0) is 11.5. The summed E-state index contributed by atoms with van der Waals surface area (Å²) in [6.45, 7) is 5.78. The van der Waals surface area contributed by atoms with Crippen molar-refractivity contribution < 1.29 is 0 Å². The first kappa shape index (κ1) is 11.1. The average molecular weight is 218 g/mol. The Morgan fingerprint density at radius 1 is 1.50 bits per heavy atom. The highest BCUT2D eigenvalue weighted by Gasteiger charge is 2.12. The van der Waals surface area contributed by atoms with Crippen LogP contribution in [0.15, 0.2) is 24.4 Å². The van der Waals surface area contributed by atoms with Gasteiger partial charge in [-0.3, -0.25) is 0 Å². The molecule has 3 N–H and O–H groups in total. The Bertz CT molecular complexity index is 473. The largest absolute Gasteiger partial charge is 0.322 e. The Morgan fingerprint density at radius 3 is 3.00 bits per heavy atom. The highest BCUT2D eigenvalue weighted by atomic mass is 15.1. The quantitative estimate of drug-likeness (QED) is 0.817. The van der Waals surface area contributed by atoms with Gasteiger partial charge < -0.3 is 15.5 Å². The first-order valence-electron chi connectivity index (χ1n) is 5.66. The minimum Gasteiger partial charge on any atom is -0.322 e. The summed E-state index contributed by atoms with van der Waals surface area (Å²) in [6.07, 6.45) is 2.01. The van der Waals surface area contributed by atoms with Gasteiger partial charge in [0.1, 0.15) is 5.82 Å². The van der Waals surface area contributed by atoms with Crippen molar-refractivity contribution in [3.05, 3.63) is 35.9 Å². The lowest BCUT2D eigenvalue weighted by Crippen LogP contribution is -2.12. The molecule has 0 saturated heterocycles. The van der Waals surface area contributed by atoms with Crippen LogP contribution in [-0.2, 0) is 6.54 Å². The smallest absolute Gasteiger partial charge is 0.130 e. The van der Waals surface area contributed by atoms with Crippen LogP contribution in [0, 0.1) is 0 Å². The van der Waals surface area contributed by atoms with E-state index >= 15 is 0 Å². The molecule has 0 spiro atoms. The molecule has 2 aromatic heterocycles. The summed E-state index contributed by atoms with van der Waals surface area (Å²) in [4.78, 5) is 4.60. The third kappa shape index (κ3) is 1.94. The van der Waals surface area contributed by atoms with Crippen molar-refractivity contribution in [3.63, 3.8) is 0 Å². The number of aromatic nitrogens is 2. The maximum atomic E-state index is 5.92. The molecule has 1 unspecified atom stereocenters. The summed E-state index contributed by atoms with van der Waals surface area (Å²) in [6, 6.07) is 6.05. The van der Waals surface area contributed by atoms with Crippen molar-refractivity contribution in [1.82, 2.24) is 14.7 Å². The van der Waals surface area contributed by atoms with Crippen LogP contribution in [0.5, 0.6) is 0 Å². The van der Waals surface area contributed by atoms with E-state index in [0.717, 1.165) is 30.1 Å². The molecule has 1 atom stereocenters. The van der Waals surface area contributed by atoms with Crippen LogP contribution in [0.25, 0.3) is 5.52 Å². The predicted octanol–water partition coefficient (Wildman–Crippen LogP) is 1.46. The van der Waals surface area contributed by atoms with Crippen molar-refractivity contribution in [1.29, 1.82) is 0 Å². The fraction of sp³-hybridized carbons (Fsp3) is 0.417. The molecule has 0 bridgehead atoms. The molecule has 0 aliphatic rings. The highest BCUT2D eigenvalue weighted by molar-refractivity contribution is 5.53. The molecular weight excluding hydrogens is 200 g/mol. The lowest BCUT2D eigenvalue weighted by molar-refractivity contribution is 0.700. The molecule has 4 heteroatoms. The molecule has 2 rings (SSSR count). The van der Waals surface area contributed by atoms with Gasteiger partial charge in [-0.05, 0) is 25.6 Å². The first-order chi connectivity index (χ1) is 7.74. The van der Waals surface area contributed by atoms with Gasteiger partial charge in [0, 0.05) is 12.7 Å². The van der Waals surface area contributed by atoms with Gasteiger partial charge in [0.15, 0.2) is 0 Å². The number of pyridine rings is 1. The van der Waals surface area contributed by atoms with E-state index in [4.69, 9.17) is 5.73 Å². The predicted molar refractivity (Wildman–Crippen MR) is 65.2 cm³/mol. The molecule has 0 fully saturated rings. The fourth-order valence-electron chi connectivity index (χ4n) is 1.82. The van der Waals surface area contributed by atoms with Crippen molar-refractivity contribution in [2.45, 2.75) is 26.4 Å². The van der Waals surface area contributed by atoms with E-state index in [9.17, 15) is 0 Å². The topological polar surface area (TPSA) is 55.3 Å². The van der Waals surface area contributed by atoms with E-state index in [-0.39, 0.29) is 6.04 Å². The van der Waals surface area contributed by atoms with E-state index in [1.54, 1.807) is 0 Å². The second kappa shape index (κ2) is 4.63. The van der Waals surface area contributed by atoms with Crippen LogP contribution in [0.4, 0.5) is 0 Å². The van der Waals surface area contributed by atoms with Crippen molar-refractivity contribution in [2.24, 2.45) is 5.73 Å². The lowest BCUT2D eigenvalue weighted by atomic mass is 10.3. The number of fused-ring (bicyclic) bond motifs is 1. The third-order valence-electron chi connectivity index (χ3n) is 2.60. The van der Waals surface area contributed by atoms with Crippen LogP contribution in [0.1, 0.15) is 31.4 Å². The fourth-order valence-corrected chi connectivity index (χ4v) is 1.82. The molecule has 16 heavy (non-hydrogen) atoms. The summed E-state index contributed by atoms with van der Waals surface area (Å²) in [7, 11) is 0. The van der Waals surface area contributed by atoms with Gasteiger partial charge >= 0.3 is 0 Å². The van der Waals surface area contributed by atoms with Crippen molar-refractivity contribution in [3.8, 4) is 0 Å². The van der Waals surface area contributed by atoms with Gasteiger partial charge in [0.25, 0.3) is 0 Å². The second-order valence-corrected chi connectivity index (χ2v) is 3.94. The minimum atomic E-state index is -0.0507. The summed E-state index contributed by atoms with van der Waals surface area (Å²) in [5.41, 5.74) is 8.12. The zero-order valence-electron chi connectivity index (χ0n) is 9.77. The maximum absolute atomic E-state index is 5.92. The van der Waals surface area contributed by atoms with Crippen LogP contribution in [0.3, 0.4) is 0 Å². The van der Waals surface area contributed by atoms with E-state index in [1.807, 2.05) is 25.3 Å². The Labute approximate surface area is 95.5 Å². The number of nitrogens with one attached hydrogen (secondary N) is 1. The second-order valence-electron chi connectivity index (χ2n) is 3.94. The number of imidazole rings is 1. The standard InChI is InChI=1S/C12H18N4/c1-3-14-8-10-11-6-4-5-7-16(11)12(15-10)9(2)13/h4-7,9,14H,3,8,13H2,1-2H3. The molecule has 0 aliphatic carbocycles. The molecule has 4 nitrogen and oxygen atoms in total. The lowest BCUT2D eigenvalue weighted by Gasteiger charge is -2.02. The van der Waals surface area contributed by atoms with Gasteiger partial charge in [-0.25, -0.2) is 4.98 Å². The molecule has 0 radical (unpaired) electrons. The summed E-state index contributed by atoms with van der Waals surface area (Å²) in [5.74, 6) is 0.920. The normalized spacial score (nSPS) is 13.2. The number of hydrogen-bond donors (Lipinski definition) is 2. The molecular formula is C12H18N4. The molecule has 0 saturated carbocycles. The van der Waals surface area contributed by atoms with Crippen LogP contribution < -0.4 is 11.1 Å². The third-order valence-corrected chi connectivity index (χ3v) is 2.60. The molecule has 86 valence electrons. The van der Waals surface area contributed by atoms with Crippen LogP contribution in [0.2, 0.25) is 0 Å². The molecule has 2 aromatic rings. The van der Waals surface area contributed by atoms with E-state index in [1.165, 1.54) is 0 Å². The number of nitrogens with zero attached hydrogens (tertiary/aromatic N) is 2. The Morgan fingerprint density at radius 2 is 2.31 bits per heavy atom. The molecule has 0 aromatic carbocycles. The van der Waals surface area contributed by atoms with Gasteiger partial charge in [-0.2, -0.15) is 0 Å². The SMILES string of the molecule is CCNCc1nc(C(C)N)n2ccccc12. The number of hydrogen-bond acceptors (Lipinski definition) is 3. The number of nitrogens with two attached hydrogens (primary N) is 1. The van der Waals surface area contributed by atoms with Crippen LogP contribution in [-0.4, -0.2) is 15.9 Å². The van der Waals surface area contributed by atoms with Crippen LogP contribution >= 0.6 is 0 Å². The van der Waals surface area contributed by atoms with Crippen molar-refractivity contribution >= 4 is 5.52 Å². The van der Waals surface area contributed by atoms with Crippen molar-refractivity contribution in [2.75, 3.05) is 6.54 Å². The highest BCUT2D eigenvalue weighted by Crippen LogP contribution is 2.16. The van der Waals surface area contributed by atoms with E-state index in [0.29, 0.717) is 0 Å². The van der Waals surface area contributed by atoms with Gasteiger partial charge in [-0.15, -0.1) is 0 Å². The minimum absolute atomic E-state index is 0.0507. The van der Waals surface area contributed by atoms with Gasteiger partial charge in [0.2, 0.25) is 0 Å². The Hall–Kier alpha value is -1.39. The Balaban J connectivity index is 2.49. The average Bonchev–Trinajstić information content (AvgIpc) is 2.65. The van der Waals surface area contributed by atoms with Gasteiger partial charge in [-0.1, -0.05) is 13.0 Å².